The molecule has 0 aliphatic rings. The first-order valence-corrected chi connectivity index (χ1v) is 14.3. The SMILES string of the molecule is CS(=O)(=O)N(Cc1ccccc1Cl)c1ccc(OCC(=O)N(Cc2ccccc2)Cc2ccccc2)cc1. The van der Waals surface area contributed by atoms with Gasteiger partial charge in [-0.3, -0.25) is 9.10 Å². The second-order valence-corrected chi connectivity index (χ2v) is 11.2. The number of carbonyl (C=O) groups is 1. The first kappa shape index (κ1) is 27.2. The highest BCUT2D eigenvalue weighted by atomic mass is 35.5. The smallest absolute Gasteiger partial charge is 0.261 e. The summed E-state index contributed by atoms with van der Waals surface area (Å²) in [5.41, 5.74) is 3.23. The maximum atomic E-state index is 13.2. The quantitative estimate of drug-likeness (QED) is 0.233. The van der Waals surface area contributed by atoms with Crippen LogP contribution >= 0.6 is 11.6 Å². The molecule has 0 unspecified atom stereocenters. The molecule has 38 heavy (non-hydrogen) atoms. The molecule has 196 valence electrons. The van der Waals surface area contributed by atoms with Gasteiger partial charge in [0.1, 0.15) is 5.75 Å². The van der Waals surface area contributed by atoms with Crippen LogP contribution in [0.5, 0.6) is 5.75 Å². The molecule has 0 radical (unpaired) electrons. The summed E-state index contributed by atoms with van der Waals surface area (Å²) in [6, 6.07) is 33.4. The molecule has 0 bridgehead atoms. The van der Waals surface area contributed by atoms with E-state index < -0.39 is 10.0 Å². The van der Waals surface area contributed by atoms with Crippen molar-refractivity contribution in [2.24, 2.45) is 0 Å². The predicted molar refractivity (Wildman–Crippen MR) is 152 cm³/mol. The van der Waals surface area contributed by atoms with Crippen molar-refractivity contribution in [1.82, 2.24) is 4.90 Å². The highest BCUT2D eigenvalue weighted by molar-refractivity contribution is 7.92. The van der Waals surface area contributed by atoms with Gasteiger partial charge in [-0.05, 0) is 47.0 Å². The fourth-order valence-electron chi connectivity index (χ4n) is 3.97. The van der Waals surface area contributed by atoms with Gasteiger partial charge in [-0.1, -0.05) is 90.5 Å². The van der Waals surface area contributed by atoms with E-state index in [4.69, 9.17) is 16.3 Å². The van der Waals surface area contributed by atoms with E-state index in [0.29, 0.717) is 35.1 Å². The minimum atomic E-state index is -3.57. The number of nitrogens with zero attached hydrogens (tertiary/aromatic N) is 2. The summed E-state index contributed by atoms with van der Waals surface area (Å²) >= 11 is 6.25. The minimum Gasteiger partial charge on any atom is -0.484 e. The van der Waals surface area contributed by atoms with Crippen molar-refractivity contribution in [3.8, 4) is 5.75 Å². The van der Waals surface area contributed by atoms with Crippen LogP contribution in [-0.4, -0.2) is 32.1 Å². The lowest BCUT2D eigenvalue weighted by atomic mass is 10.1. The molecule has 1 amide bonds. The molecule has 0 fully saturated rings. The molecule has 0 atom stereocenters. The van der Waals surface area contributed by atoms with E-state index in [1.54, 1.807) is 47.4 Å². The zero-order valence-corrected chi connectivity index (χ0v) is 22.6. The van der Waals surface area contributed by atoms with Gasteiger partial charge in [0.25, 0.3) is 5.91 Å². The number of hydrogen-bond acceptors (Lipinski definition) is 4. The zero-order valence-electron chi connectivity index (χ0n) is 21.0. The Labute approximate surface area is 229 Å². The predicted octanol–water partition coefficient (Wildman–Crippen LogP) is 5.91. The topological polar surface area (TPSA) is 66.9 Å². The lowest BCUT2D eigenvalue weighted by Crippen LogP contribution is -2.34. The van der Waals surface area contributed by atoms with Gasteiger partial charge in [0, 0.05) is 18.1 Å². The molecule has 0 spiro atoms. The average molecular weight is 549 g/mol. The van der Waals surface area contributed by atoms with Crippen molar-refractivity contribution >= 4 is 33.2 Å². The van der Waals surface area contributed by atoms with E-state index in [-0.39, 0.29) is 19.1 Å². The van der Waals surface area contributed by atoms with Crippen molar-refractivity contribution in [2.45, 2.75) is 19.6 Å². The molecule has 0 saturated heterocycles. The summed E-state index contributed by atoms with van der Waals surface area (Å²) in [7, 11) is -3.57. The maximum absolute atomic E-state index is 13.2. The first-order chi connectivity index (χ1) is 18.3. The summed E-state index contributed by atoms with van der Waals surface area (Å²) in [5.74, 6) is 0.311. The van der Waals surface area contributed by atoms with E-state index in [1.807, 2.05) is 66.7 Å². The molecule has 0 N–H and O–H groups in total. The van der Waals surface area contributed by atoms with Crippen LogP contribution in [0.25, 0.3) is 0 Å². The van der Waals surface area contributed by atoms with Gasteiger partial charge in [-0.2, -0.15) is 0 Å². The fraction of sp³-hybridized carbons (Fsp3) is 0.167. The average Bonchev–Trinajstić information content (AvgIpc) is 2.92. The van der Waals surface area contributed by atoms with Gasteiger partial charge in [-0.25, -0.2) is 8.42 Å². The molecule has 0 aliphatic heterocycles. The molecular formula is C30H29ClN2O4S. The van der Waals surface area contributed by atoms with Crippen LogP contribution in [0, 0.1) is 0 Å². The van der Waals surface area contributed by atoms with Gasteiger partial charge >= 0.3 is 0 Å². The van der Waals surface area contributed by atoms with Crippen LogP contribution in [0.2, 0.25) is 5.02 Å². The van der Waals surface area contributed by atoms with Crippen molar-refractivity contribution in [3.63, 3.8) is 0 Å². The Morgan fingerprint density at radius 1 is 0.737 bits per heavy atom. The number of ether oxygens (including phenoxy) is 1. The van der Waals surface area contributed by atoms with Crippen LogP contribution < -0.4 is 9.04 Å². The second-order valence-electron chi connectivity index (χ2n) is 8.86. The van der Waals surface area contributed by atoms with Gasteiger partial charge < -0.3 is 9.64 Å². The third kappa shape index (κ3) is 7.60. The highest BCUT2D eigenvalue weighted by Gasteiger charge is 2.20. The van der Waals surface area contributed by atoms with Crippen molar-refractivity contribution < 1.29 is 17.9 Å². The Morgan fingerprint density at radius 2 is 1.26 bits per heavy atom. The van der Waals surface area contributed by atoms with Crippen LogP contribution in [0.4, 0.5) is 5.69 Å². The molecule has 0 saturated carbocycles. The van der Waals surface area contributed by atoms with Gasteiger partial charge in [0.15, 0.2) is 6.61 Å². The Hall–Kier alpha value is -3.81. The molecule has 4 aromatic rings. The Bertz CT molecular complexity index is 1410. The summed E-state index contributed by atoms with van der Waals surface area (Å²) in [5, 5.41) is 0.496. The number of halogens is 1. The molecular weight excluding hydrogens is 520 g/mol. The van der Waals surface area contributed by atoms with Gasteiger partial charge in [0.05, 0.1) is 18.5 Å². The van der Waals surface area contributed by atoms with Crippen LogP contribution in [0.15, 0.2) is 109 Å². The third-order valence-corrected chi connectivity index (χ3v) is 7.45. The fourth-order valence-corrected chi connectivity index (χ4v) is 5.04. The Kier molecular flexibility index (Phi) is 9.05. The van der Waals surface area contributed by atoms with Crippen LogP contribution in [0.1, 0.15) is 16.7 Å². The van der Waals surface area contributed by atoms with Crippen LogP contribution in [-0.2, 0) is 34.5 Å². The first-order valence-electron chi connectivity index (χ1n) is 12.1. The van der Waals surface area contributed by atoms with E-state index in [0.717, 1.165) is 17.4 Å². The number of anilines is 1. The standard InChI is InChI=1S/C30H29ClN2O4S/c1-38(35,36)33(22-26-14-8-9-15-29(26)31)27-16-18-28(19-17-27)37-23-30(34)32(20-24-10-4-2-5-11-24)21-25-12-6-3-7-13-25/h2-19H,20-23H2,1H3. The number of amides is 1. The highest BCUT2D eigenvalue weighted by Crippen LogP contribution is 2.26. The normalized spacial score (nSPS) is 11.1. The monoisotopic (exact) mass is 548 g/mol. The van der Waals surface area contributed by atoms with E-state index in [1.165, 1.54) is 4.31 Å². The van der Waals surface area contributed by atoms with Gasteiger partial charge in [0.2, 0.25) is 10.0 Å². The second kappa shape index (κ2) is 12.6. The number of hydrogen-bond donors (Lipinski definition) is 0. The molecule has 0 aromatic heterocycles. The summed E-state index contributed by atoms with van der Waals surface area (Å²) in [6.45, 7) is 0.879. The molecule has 4 rings (SSSR count). The van der Waals surface area contributed by atoms with Gasteiger partial charge in [-0.15, -0.1) is 0 Å². The molecule has 6 nitrogen and oxygen atoms in total. The number of carbonyl (C=O) groups excluding carboxylic acids is 1. The summed E-state index contributed by atoms with van der Waals surface area (Å²) in [6.07, 6.45) is 1.15. The van der Waals surface area contributed by atoms with Crippen molar-refractivity contribution in [2.75, 3.05) is 17.2 Å². The minimum absolute atomic E-state index is 0.102. The molecule has 8 heteroatoms. The molecule has 4 aromatic carbocycles. The largest absolute Gasteiger partial charge is 0.484 e. The van der Waals surface area contributed by atoms with E-state index >= 15 is 0 Å². The third-order valence-electron chi connectivity index (χ3n) is 5.94. The summed E-state index contributed by atoms with van der Waals surface area (Å²) < 4.78 is 32.1. The van der Waals surface area contributed by atoms with E-state index in [2.05, 4.69) is 0 Å². The lowest BCUT2D eigenvalue weighted by Gasteiger charge is -2.24. The van der Waals surface area contributed by atoms with E-state index in [9.17, 15) is 13.2 Å². The Morgan fingerprint density at radius 3 is 1.79 bits per heavy atom. The van der Waals surface area contributed by atoms with Crippen molar-refractivity contribution in [1.29, 1.82) is 0 Å². The summed E-state index contributed by atoms with van der Waals surface area (Å²) in [4.78, 5) is 14.9. The zero-order chi connectivity index (χ0) is 27.0. The molecule has 0 heterocycles. The number of rotatable bonds is 11. The lowest BCUT2D eigenvalue weighted by molar-refractivity contribution is -0.134. The maximum Gasteiger partial charge on any atom is 0.261 e. The molecule has 0 aliphatic carbocycles. The number of benzene rings is 4. The Balaban J connectivity index is 1.44. The van der Waals surface area contributed by atoms with Crippen LogP contribution in [0.3, 0.4) is 0 Å². The number of sulfonamides is 1. The van der Waals surface area contributed by atoms with Crippen molar-refractivity contribution in [3.05, 3.63) is 131 Å².